The Morgan fingerprint density at radius 2 is 1.93 bits per heavy atom. The summed E-state index contributed by atoms with van der Waals surface area (Å²) in [6.45, 7) is 0. The van der Waals surface area contributed by atoms with Crippen LogP contribution in [0.25, 0.3) is 0 Å². The van der Waals surface area contributed by atoms with Crippen LogP contribution in [0, 0.1) is 17.3 Å². The van der Waals surface area contributed by atoms with Gasteiger partial charge in [0.15, 0.2) is 0 Å². The summed E-state index contributed by atoms with van der Waals surface area (Å²) in [7, 11) is 0. The predicted octanol–water partition coefficient (Wildman–Crippen LogP) is 4.46. The SMILES string of the molecule is O=C(Nc1ccc2c(c1)CCC2)C12C[C@H]3C[C@@H](C1)CC(n1cnc(Br)n1)(C3)C2. The lowest BCUT2D eigenvalue weighted by Crippen LogP contribution is -2.60. The van der Waals surface area contributed by atoms with Crippen LogP contribution in [0.4, 0.5) is 5.69 Å². The van der Waals surface area contributed by atoms with Crippen molar-refractivity contribution in [3.8, 4) is 0 Å². The number of nitrogens with zero attached hydrogens (tertiary/aromatic N) is 3. The largest absolute Gasteiger partial charge is 0.326 e. The van der Waals surface area contributed by atoms with Crippen LogP contribution in [0.2, 0.25) is 0 Å². The summed E-state index contributed by atoms with van der Waals surface area (Å²) >= 11 is 3.40. The highest BCUT2D eigenvalue weighted by atomic mass is 79.9. The van der Waals surface area contributed by atoms with Crippen LogP contribution in [-0.4, -0.2) is 20.7 Å². The van der Waals surface area contributed by atoms with Crippen LogP contribution in [0.15, 0.2) is 29.3 Å². The number of hydrogen-bond acceptors (Lipinski definition) is 3. The summed E-state index contributed by atoms with van der Waals surface area (Å²) < 4.78 is 2.70. The number of hydrogen-bond donors (Lipinski definition) is 1. The first-order valence-corrected chi connectivity index (χ1v) is 11.3. The number of anilines is 1. The number of benzene rings is 1. The first-order valence-electron chi connectivity index (χ1n) is 10.5. The number of aryl methyl sites for hydroxylation is 2. The van der Waals surface area contributed by atoms with Crippen molar-refractivity contribution < 1.29 is 4.79 Å². The molecule has 2 aromatic rings. The average Bonchev–Trinajstić information content (AvgIpc) is 3.29. The monoisotopic (exact) mass is 440 g/mol. The number of rotatable bonds is 3. The molecule has 6 heteroatoms. The Morgan fingerprint density at radius 1 is 1.14 bits per heavy atom. The Kier molecular flexibility index (Phi) is 3.63. The highest BCUT2D eigenvalue weighted by Crippen LogP contribution is 2.64. The molecule has 2 unspecified atom stereocenters. The van der Waals surface area contributed by atoms with Gasteiger partial charge in [-0.05, 0) is 109 Å². The van der Waals surface area contributed by atoms with Crippen molar-refractivity contribution in [2.45, 2.75) is 63.3 Å². The van der Waals surface area contributed by atoms with Gasteiger partial charge >= 0.3 is 0 Å². The summed E-state index contributed by atoms with van der Waals surface area (Å²) in [4.78, 5) is 17.9. The topological polar surface area (TPSA) is 59.8 Å². The molecule has 0 radical (unpaired) electrons. The number of nitrogens with one attached hydrogen (secondary N) is 1. The molecule has 1 N–H and O–H groups in total. The molecule has 1 heterocycles. The lowest BCUT2D eigenvalue weighted by molar-refractivity contribution is -0.150. The van der Waals surface area contributed by atoms with Gasteiger partial charge in [0.05, 0.1) is 11.0 Å². The lowest BCUT2D eigenvalue weighted by atomic mass is 9.46. The second kappa shape index (κ2) is 5.91. The standard InChI is InChI=1S/C22H25BrN4O/c23-20-24-13-27(26-20)22-10-14-6-15(11-22)9-21(8-14,12-22)19(28)25-18-5-4-16-2-1-3-17(16)7-18/h4-5,7,13-15H,1-3,6,8-12H2,(H,25,28)/t14-,15+,21?,22?. The molecule has 28 heavy (non-hydrogen) atoms. The maximum absolute atomic E-state index is 13.6. The van der Waals surface area contributed by atoms with Crippen LogP contribution in [0.5, 0.6) is 0 Å². The Hall–Kier alpha value is -1.69. The van der Waals surface area contributed by atoms with Crippen molar-refractivity contribution in [1.82, 2.24) is 14.8 Å². The average molecular weight is 441 g/mol. The van der Waals surface area contributed by atoms with E-state index >= 15 is 0 Å². The lowest BCUT2D eigenvalue weighted by Gasteiger charge is -2.60. The van der Waals surface area contributed by atoms with Gasteiger partial charge in [0.2, 0.25) is 10.6 Å². The fourth-order valence-electron chi connectivity index (χ4n) is 7.13. The van der Waals surface area contributed by atoms with Gasteiger partial charge in [-0.25, -0.2) is 9.67 Å². The number of carbonyl (C=O) groups excluding carboxylic acids is 1. The molecule has 7 rings (SSSR count). The highest BCUT2D eigenvalue weighted by molar-refractivity contribution is 9.10. The van der Waals surface area contributed by atoms with Gasteiger partial charge < -0.3 is 5.32 Å². The number of fused-ring (bicyclic) bond motifs is 1. The molecule has 1 aromatic carbocycles. The normalized spacial score (nSPS) is 35.2. The fraction of sp³-hybridized carbons (Fsp3) is 0.591. The molecule has 1 amide bonds. The number of halogens is 1. The summed E-state index contributed by atoms with van der Waals surface area (Å²) in [6.07, 6.45) is 11.9. The third-order valence-electron chi connectivity index (χ3n) is 7.82. The number of amides is 1. The molecular formula is C22H25BrN4O. The molecule has 0 saturated heterocycles. The zero-order chi connectivity index (χ0) is 18.9. The summed E-state index contributed by atoms with van der Waals surface area (Å²) in [5, 5.41) is 7.91. The molecule has 5 nitrogen and oxygen atoms in total. The van der Waals surface area contributed by atoms with Gasteiger partial charge in [0.25, 0.3) is 0 Å². The maximum Gasteiger partial charge on any atom is 0.230 e. The second-order valence-electron chi connectivity index (χ2n) is 9.72. The van der Waals surface area contributed by atoms with Crippen LogP contribution < -0.4 is 5.32 Å². The van der Waals surface area contributed by atoms with Gasteiger partial charge in [-0.15, -0.1) is 5.10 Å². The van der Waals surface area contributed by atoms with Crippen LogP contribution in [0.3, 0.4) is 0 Å². The minimum absolute atomic E-state index is 0.0433. The van der Waals surface area contributed by atoms with Gasteiger partial charge in [-0.1, -0.05) is 6.07 Å². The Bertz CT molecular complexity index is 953. The van der Waals surface area contributed by atoms with Gasteiger partial charge in [-0.3, -0.25) is 4.79 Å². The predicted molar refractivity (Wildman–Crippen MR) is 110 cm³/mol. The van der Waals surface area contributed by atoms with Gasteiger partial charge in [0, 0.05) is 5.69 Å². The summed E-state index contributed by atoms with van der Waals surface area (Å²) in [5.41, 5.74) is 3.52. The number of carbonyl (C=O) groups is 1. The van der Waals surface area contributed by atoms with Crippen molar-refractivity contribution in [3.05, 3.63) is 40.4 Å². The Morgan fingerprint density at radius 3 is 2.68 bits per heavy atom. The van der Waals surface area contributed by atoms with E-state index in [0.717, 1.165) is 44.2 Å². The van der Waals surface area contributed by atoms with Gasteiger partial charge in [0.1, 0.15) is 6.33 Å². The number of aromatic nitrogens is 3. The zero-order valence-electron chi connectivity index (χ0n) is 16.0. The van der Waals surface area contributed by atoms with E-state index in [1.165, 1.54) is 30.4 Å². The van der Waals surface area contributed by atoms with Crippen molar-refractivity contribution in [2.75, 3.05) is 5.32 Å². The molecule has 0 aliphatic heterocycles. The molecule has 1 aromatic heterocycles. The highest BCUT2D eigenvalue weighted by Gasteiger charge is 2.61. The van der Waals surface area contributed by atoms with E-state index in [-0.39, 0.29) is 16.9 Å². The van der Waals surface area contributed by atoms with Crippen LogP contribution >= 0.6 is 15.9 Å². The first kappa shape index (κ1) is 17.2. The minimum Gasteiger partial charge on any atom is -0.326 e. The molecule has 146 valence electrons. The van der Waals surface area contributed by atoms with Crippen LogP contribution in [-0.2, 0) is 23.2 Å². The van der Waals surface area contributed by atoms with E-state index in [4.69, 9.17) is 0 Å². The minimum atomic E-state index is -0.262. The second-order valence-corrected chi connectivity index (χ2v) is 10.4. The van der Waals surface area contributed by atoms with Crippen LogP contribution in [0.1, 0.15) is 56.1 Å². The van der Waals surface area contributed by atoms with Crippen molar-refractivity contribution in [1.29, 1.82) is 0 Å². The molecule has 5 aliphatic carbocycles. The van der Waals surface area contributed by atoms with E-state index < -0.39 is 0 Å². The van der Waals surface area contributed by atoms with Gasteiger partial charge in [-0.2, -0.15) is 0 Å². The summed E-state index contributed by atoms with van der Waals surface area (Å²) in [5.74, 6) is 1.47. The zero-order valence-corrected chi connectivity index (χ0v) is 17.5. The Labute approximate surface area is 173 Å². The van der Waals surface area contributed by atoms with Crippen molar-refractivity contribution in [3.63, 3.8) is 0 Å². The van der Waals surface area contributed by atoms with E-state index in [0.29, 0.717) is 16.6 Å². The van der Waals surface area contributed by atoms with E-state index in [9.17, 15) is 4.79 Å². The third-order valence-corrected chi connectivity index (χ3v) is 8.18. The van der Waals surface area contributed by atoms with E-state index in [1.54, 1.807) is 0 Å². The van der Waals surface area contributed by atoms with Crippen molar-refractivity contribution >= 4 is 27.5 Å². The molecule has 5 aliphatic rings. The third kappa shape index (κ3) is 2.53. The molecule has 4 atom stereocenters. The molecule has 4 bridgehead atoms. The van der Waals surface area contributed by atoms with E-state index in [1.807, 2.05) is 6.33 Å². The van der Waals surface area contributed by atoms with E-state index in [2.05, 4.69) is 54.2 Å². The Balaban J connectivity index is 1.31. The summed E-state index contributed by atoms with van der Waals surface area (Å²) in [6, 6.07) is 6.49. The fourth-order valence-corrected chi connectivity index (χ4v) is 7.40. The maximum atomic E-state index is 13.6. The smallest absolute Gasteiger partial charge is 0.230 e. The molecule has 4 fully saturated rings. The molecular weight excluding hydrogens is 416 g/mol. The molecule has 4 saturated carbocycles. The van der Waals surface area contributed by atoms with Crippen molar-refractivity contribution in [2.24, 2.45) is 17.3 Å². The first-order chi connectivity index (χ1) is 13.5. The molecule has 0 spiro atoms. The quantitative estimate of drug-likeness (QED) is 0.765.